The predicted octanol–water partition coefficient (Wildman–Crippen LogP) is 5.05. The number of ether oxygens (including phenoxy) is 2. The van der Waals surface area contributed by atoms with Crippen LogP contribution in [0.3, 0.4) is 0 Å². The van der Waals surface area contributed by atoms with Gasteiger partial charge < -0.3 is 19.5 Å². The van der Waals surface area contributed by atoms with E-state index < -0.39 is 43.9 Å². The Bertz CT molecular complexity index is 1790. The number of aliphatic hydroxyl groups is 1. The number of carbonyl (C=O) groups excluding carboxylic acids is 1. The molecule has 3 aromatic rings. The van der Waals surface area contributed by atoms with Crippen LogP contribution in [0.15, 0.2) is 76.5 Å². The van der Waals surface area contributed by atoms with Gasteiger partial charge in [-0.15, -0.1) is 0 Å². The van der Waals surface area contributed by atoms with Gasteiger partial charge in [0.05, 0.1) is 40.2 Å². The standard InChI is InChI=1S/C35H46FN3O8S2/c1-24-9-14-31(15-10-24)49(44,45)38(5)22-34-25(2)21-39(26(3)23-40)35(41)32-20-29(37-48(42,43)30-16-11-28(36)12-17-30)13-18-33(32)47-27(4)8-6-7-19-46-34/h9-18,20,25-27,34,37,40H,6-8,19,21-23H2,1-5H3/t25-,26+,27+,34+/m1/s1. The molecule has 268 valence electrons. The van der Waals surface area contributed by atoms with Crippen molar-refractivity contribution in [2.24, 2.45) is 5.92 Å². The smallest absolute Gasteiger partial charge is 0.261 e. The number of carbonyl (C=O) groups is 1. The summed E-state index contributed by atoms with van der Waals surface area (Å²) in [6.07, 6.45) is 1.16. The van der Waals surface area contributed by atoms with Crippen LogP contribution in [0.2, 0.25) is 0 Å². The number of fused-ring (bicyclic) bond motifs is 1. The van der Waals surface area contributed by atoms with E-state index in [0.717, 1.165) is 36.2 Å². The molecule has 11 nitrogen and oxygen atoms in total. The Labute approximate surface area is 289 Å². The molecule has 0 fully saturated rings. The summed E-state index contributed by atoms with van der Waals surface area (Å²) in [5, 5.41) is 10.2. The molecule has 0 saturated heterocycles. The van der Waals surface area contributed by atoms with E-state index >= 15 is 0 Å². The molecule has 0 bridgehead atoms. The molecule has 0 aliphatic carbocycles. The summed E-state index contributed by atoms with van der Waals surface area (Å²) in [7, 11) is -6.46. The molecular formula is C35H46FN3O8S2. The topological polar surface area (TPSA) is 143 Å². The third-order valence-electron chi connectivity index (χ3n) is 8.59. The van der Waals surface area contributed by atoms with Crippen molar-refractivity contribution in [1.82, 2.24) is 9.21 Å². The fraction of sp³-hybridized carbons (Fsp3) is 0.457. The van der Waals surface area contributed by atoms with Crippen LogP contribution < -0.4 is 9.46 Å². The third kappa shape index (κ3) is 9.79. The summed E-state index contributed by atoms with van der Waals surface area (Å²) in [6, 6.07) is 14.7. The molecular weight excluding hydrogens is 674 g/mol. The predicted molar refractivity (Wildman–Crippen MR) is 185 cm³/mol. The molecule has 0 saturated carbocycles. The number of aliphatic hydroxyl groups excluding tert-OH is 1. The summed E-state index contributed by atoms with van der Waals surface area (Å²) in [5.74, 6) is -1.24. The van der Waals surface area contributed by atoms with Crippen LogP contribution in [0.4, 0.5) is 10.1 Å². The SMILES string of the molecule is Cc1ccc(S(=O)(=O)N(C)C[C@@H]2OCCCC[C@H](C)Oc3ccc(NS(=O)(=O)c4ccc(F)cc4)cc3C(=O)N([C@@H](C)CO)C[C@H]2C)cc1. The first-order valence-electron chi connectivity index (χ1n) is 16.3. The van der Waals surface area contributed by atoms with Crippen molar-refractivity contribution in [2.45, 2.75) is 75.0 Å². The van der Waals surface area contributed by atoms with Crippen LogP contribution in [0.1, 0.15) is 56.0 Å². The molecule has 0 spiro atoms. The van der Waals surface area contributed by atoms with Gasteiger partial charge in [-0.25, -0.2) is 21.2 Å². The Hall–Kier alpha value is -3.56. The number of amides is 1. The average molecular weight is 720 g/mol. The molecule has 4 rings (SSSR count). The van der Waals surface area contributed by atoms with Gasteiger partial charge in [-0.05, 0) is 94.6 Å². The van der Waals surface area contributed by atoms with Gasteiger partial charge in [-0.3, -0.25) is 9.52 Å². The Morgan fingerprint density at radius 2 is 1.65 bits per heavy atom. The molecule has 0 radical (unpaired) electrons. The van der Waals surface area contributed by atoms with Crippen LogP contribution in [-0.4, -0.2) is 88.7 Å². The van der Waals surface area contributed by atoms with E-state index in [0.29, 0.717) is 19.4 Å². The summed E-state index contributed by atoms with van der Waals surface area (Å²) >= 11 is 0. The van der Waals surface area contributed by atoms with Crippen molar-refractivity contribution >= 4 is 31.6 Å². The van der Waals surface area contributed by atoms with Crippen LogP contribution in [0, 0.1) is 18.7 Å². The number of benzene rings is 3. The van der Waals surface area contributed by atoms with Crippen molar-refractivity contribution in [1.29, 1.82) is 0 Å². The highest BCUT2D eigenvalue weighted by molar-refractivity contribution is 7.92. The van der Waals surface area contributed by atoms with Gasteiger partial charge in [-0.1, -0.05) is 24.6 Å². The second kappa shape index (κ2) is 16.4. The van der Waals surface area contributed by atoms with E-state index in [1.807, 2.05) is 20.8 Å². The molecule has 1 heterocycles. The molecule has 4 atom stereocenters. The number of likely N-dealkylation sites (N-methyl/N-ethyl adjacent to an activating group) is 1. The quantitative estimate of drug-likeness (QED) is 0.313. The number of halogens is 1. The van der Waals surface area contributed by atoms with Gasteiger partial charge in [0.15, 0.2) is 0 Å². The highest BCUT2D eigenvalue weighted by Crippen LogP contribution is 2.30. The first-order valence-corrected chi connectivity index (χ1v) is 19.2. The van der Waals surface area contributed by atoms with Crippen molar-refractivity contribution < 1.29 is 40.6 Å². The lowest BCUT2D eigenvalue weighted by molar-refractivity contribution is -0.00833. The normalized spacial score (nSPS) is 20.6. The van der Waals surface area contributed by atoms with Gasteiger partial charge in [0.2, 0.25) is 10.0 Å². The van der Waals surface area contributed by atoms with E-state index in [4.69, 9.17) is 9.47 Å². The van der Waals surface area contributed by atoms with E-state index in [1.165, 1.54) is 34.5 Å². The number of aryl methyl sites for hydroxylation is 1. The van der Waals surface area contributed by atoms with E-state index in [9.17, 15) is 31.1 Å². The second-order valence-electron chi connectivity index (χ2n) is 12.7. The Morgan fingerprint density at radius 1 is 1.00 bits per heavy atom. The first kappa shape index (κ1) is 38.2. The van der Waals surface area contributed by atoms with Crippen LogP contribution in [0.25, 0.3) is 0 Å². The molecule has 1 aliphatic rings. The number of hydrogen-bond donors (Lipinski definition) is 2. The highest BCUT2D eigenvalue weighted by atomic mass is 32.2. The van der Waals surface area contributed by atoms with E-state index in [2.05, 4.69) is 4.72 Å². The summed E-state index contributed by atoms with van der Waals surface area (Å²) in [4.78, 5) is 15.8. The Balaban J connectivity index is 1.67. The van der Waals surface area contributed by atoms with Crippen molar-refractivity contribution in [2.75, 3.05) is 38.1 Å². The van der Waals surface area contributed by atoms with Gasteiger partial charge in [0.25, 0.3) is 15.9 Å². The zero-order valence-electron chi connectivity index (χ0n) is 28.5. The zero-order valence-corrected chi connectivity index (χ0v) is 30.1. The summed E-state index contributed by atoms with van der Waals surface area (Å²) in [6.45, 7) is 7.41. The van der Waals surface area contributed by atoms with Gasteiger partial charge in [-0.2, -0.15) is 4.31 Å². The van der Waals surface area contributed by atoms with Crippen LogP contribution in [-0.2, 0) is 24.8 Å². The Kier molecular flexibility index (Phi) is 12.8. The third-order valence-corrected chi connectivity index (χ3v) is 11.8. The minimum atomic E-state index is -4.12. The van der Waals surface area contributed by atoms with Crippen molar-refractivity contribution in [3.05, 3.63) is 83.7 Å². The molecule has 14 heteroatoms. The summed E-state index contributed by atoms with van der Waals surface area (Å²) < 4.78 is 82.8. The number of rotatable bonds is 9. The fourth-order valence-corrected chi connectivity index (χ4v) is 7.75. The van der Waals surface area contributed by atoms with E-state index in [-0.39, 0.29) is 58.5 Å². The molecule has 1 amide bonds. The minimum Gasteiger partial charge on any atom is -0.490 e. The Morgan fingerprint density at radius 3 is 2.31 bits per heavy atom. The molecule has 1 aliphatic heterocycles. The zero-order chi connectivity index (χ0) is 35.9. The maximum absolute atomic E-state index is 14.4. The number of anilines is 1. The maximum atomic E-state index is 14.4. The number of nitrogens with zero attached hydrogens (tertiary/aromatic N) is 2. The van der Waals surface area contributed by atoms with Crippen molar-refractivity contribution in [3.63, 3.8) is 0 Å². The first-order chi connectivity index (χ1) is 23.1. The lowest BCUT2D eigenvalue weighted by Crippen LogP contribution is -2.48. The molecule has 3 aromatic carbocycles. The van der Waals surface area contributed by atoms with E-state index in [1.54, 1.807) is 31.2 Å². The monoisotopic (exact) mass is 719 g/mol. The van der Waals surface area contributed by atoms with Crippen LogP contribution in [0.5, 0.6) is 5.75 Å². The largest absolute Gasteiger partial charge is 0.490 e. The second-order valence-corrected chi connectivity index (χ2v) is 16.4. The lowest BCUT2D eigenvalue weighted by atomic mass is 10.0. The van der Waals surface area contributed by atoms with Crippen molar-refractivity contribution in [3.8, 4) is 5.75 Å². The van der Waals surface area contributed by atoms with Crippen LogP contribution >= 0.6 is 0 Å². The average Bonchev–Trinajstić information content (AvgIpc) is 3.06. The minimum absolute atomic E-state index is 0.0261. The number of hydrogen-bond acceptors (Lipinski definition) is 8. The fourth-order valence-electron chi connectivity index (χ4n) is 5.52. The molecule has 49 heavy (non-hydrogen) atoms. The van der Waals surface area contributed by atoms with Gasteiger partial charge in [0, 0.05) is 38.3 Å². The maximum Gasteiger partial charge on any atom is 0.261 e. The number of nitrogens with one attached hydrogen (secondary N) is 1. The highest BCUT2D eigenvalue weighted by Gasteiger charge is 2.32. The van der Waals surface area contributed by atoms with Gasteiger partial charge >= 0.3 is 0 Å². The summed E-state index contributed by atoms with van der Waals surface area (Å²) in [5.41, 5.74) is 1.10. The molecule has 0 aromatic heterocycles. The molecule has 0 unspecified atom stereocenters. The number of sulfonamides is 2. The lowest BCUT2D eigenvalue weighted by Gasteiger charge is -2.35. The molecule has 2 N–H and O–H groups in total. The van der Waals surface area contributed by atoms with Gasteiger partial charge in [0.1, 0.15) is 11.6 Å².